The van der Waals surface area contributed by atoms with Gasteiger partial charge in [0.15, 0.2) is 0 Å². The van der Waals surface area contributed by atoms with Crippen LogP contribution in [-0.2, 0) is 12.0 Å². The van der Waals surface area contributed by atoms with Crippen molar-refractivity contribution in [2.45, 2.75) is 18.9 Å². The van der Waals surface area contributed by atoms with E-state index in [2.05, 4.69) is 0 Å². The molecule has 1 atom stereocenters. The van der Waals surface area contributed by atoms with Gasteiger partial charge >= 0.3 is 0 Å². The van der Waals surface area contributed by atoms with Gasteiger partial charge in [0.1, 0.15) is 17.3 Å². The van der Waals surface area contributed by atoms with E-state index in [-0.39, 0.29) is 5.56 Å². The summed E-state index contributed by atoms with van der Waals surface area (Å²) in [6.07, 6.45) is 0.306. The molecule has 0 radical (unpaired) electrons. The molecule has 4 heteroatoms. The molecule has 0 heterocycles. The molecular formula is C17H19FO3. The molecule has 2 aromatic rings. The Morgan fingerprint density at radius 2 is 1.57 bits per heavy atom. The number of halogens is 1. The number of benzene rings is 2. The maximum absolute atomic E-state index is 14.1. The van der Waals surface area contributed by atoms with E-state index in [1.807, 2.05) is 24.3 Å². The molecule has 0 fully saturated rings. The number of hydrogen-bond acceptors (Lipinski definition) is 3. The summed E-state index contributed by atoms with van der Waals surface area (Å²) in [5, 5.41) is 10.6. The molecule has 3 nitrogen and oxygen atoms in total. The van der Waals surface area contributed by atoms with Crippen molar-refractivity contribution in [2.75, 3.05) is 14.2 Å². The second-order valence-electron chi connectivity index (χ2n) is 5.14. The minimum atomic E-state index is -1.30. The molecule has 0 aromatic heterocycles. The maximum Gasteiger partial charge on any atom is 0.132 e. The molecule has 21 heavy (non-hydrogen) atoms. The highest BCUT2D eigenvalue weighted by molar-refractivity contribution is 5.34. The van der Waals surface area contributed by atoms with Crippen molar-refractivity contribution in [1.82, 2.24) is 0 Å². The number of aliphatic hydroxyl groups is 1. The van der Waals surface area contributed by atoms with Crippen molar-refractivity contribution in [2.24, 2.45) is 0 Å². The first-order chi connectivity index (χ1) is 9.96. The van der Waals surface area contributed by atoms with Gasteiger partial charge in [-0.25, -0.2) is 4.39 Å². The van der Waals surface area contributed by atoms with Crippen LogP contribution in [0.4, 0.5) is 4.39 Å². The molecule has 0 saturated heterocycles. The Hall–Kier alpha value is -2.07. The Bertz CT molecular complexity index is 606. The van der Waals surface area contributed by atoms with Gasteiger partial charge in [-0.2, -0.15) is 0 Å². The van der Waals surface area contributed by atoms with Gasteiger partial charge in [0, 0.05) is 18.1 Å². The predicted molar refractivity (Wildman–Crippen MR) is 79.2 cm³/mol. The van der Waals surface area contributed by atoms with E-state index in [0.29, 0.717) is 12.2 Å². The summed E-state index contributed by atoms with van der Waals surface area (Å²) < 4.78 is 24.2. The van der Waals surface area contributed by atoms with Crippen molar-refractivity contribution < 1.29 is 19.0 Å². The fourth-order valence-electron chi connectivity index (χ4n) is 2.30. The van der Waals surface area contributed by atoms with Crippen molar-refractivity contribution in [3.05, 3.63) is 59.4 Å². The van der Waals surface area contributed by atoms with Crippen LogP contribution in [0.5, 0.6) is 11.5 Å². The minimum Gasteiger partial charge on any atom is -0.497 e. The third-order valence-corrected chi connectivity index (χ3v) is 3.46. The monoisotopic (exact) mass is 290 g/mol. The average molecular weight is 290 g/mol. The fourth-order valence-corrected chi connectivity index (χ4v) is 2.30. The number of rotatable bonds is 5. The number of ether oxygens (including phenoxy) is 2. The van der Waals surface area contributed by atoms with Gasteiger partial charge in [0.2, 0.25) is 0 Å². The first-order valence-corrected chi connectivity index (χ1v) is 6.65. The predicted octanol–water partition coefficient (Wildman–Crippen LogP) is 3.29. The third kappa shape index (κ3) is 3.52. The van der Waals surface area contributed by atoms with Gasteiger partial charge in [0.05, 0.1) is 19.8 Å². The molecule has 1 unspecified atom stereocenters. The van der Waals surface area contributed by atoms with E-state index in [4.69, 9.17) is 9.47 Å². The number of hydrogen-bond donors (Lipinski definition) is 1. The highest BCUT2D eigenvalue weighted by atomic mass is 19.1. The molecule has 2 aromatic carbocycles. The second kappa shape index (κ2) is 6.14. The van der Waals surface area contributed by atoms with Gasteiger partial charge in [-0.1, -0.05) is 12.1 Å². The van der Waals surface area contributed by atoms with Gasteiger partial charge in [-0.15, -0.1) is 0 Å². The molecular weight excluding hydrogens is 271 g/mol. The molecule has 0 amide bonds. The first kappa shape index (κ1) is 15.3. The lowest BCUT2D eigenvalue weighted by Crippen LogP contribution is -2.25. The summed E-state index contributed by atoms with van der Waals surface area (Å²) in [6, 6.07) is 11.8. The van der Waals surface area contributed by atoms with Crippen LogP contribution in [0.2, 0.25) is 0 Å². The zero-order chi connectivity index (χ0) is 15.5. The van der Waals surface area contributed by atoms with Gasteiger partial charge in [0.25, 0.3) is 0 Å². The molecule has 0 aliphatic heterocycles. The Balaban J connectivity index is 2.24. The lowest BCUT2D eigenvalue weighted by atomic mass is 9.88. The Morgan fingerprint density at radius 1 is 1.00 bits per heavy atom. The van der Waals surface area contributed by atoms with Crippen LogP contribution in [0.1, 0.15) is 18.1 Å². The van der Waals surface area contributed by atoms with Crippen molar-refractivity contribution >= 4 is 0 Å². The van der Waals surface area contributed by atoms with Gasteiger partial charge in [-0.05, 0) is 36.8 Å². The Kier molecular flexibility index (Phi) is 4.48. The third-order valence-electron chi connectivity index (χ3n) is 3.46. The summed E-state index contributed by atoms with van der Waals surface area (Å²) in [7, 11) is 3.07. The molecule has 0 bridgehead atoms. The lowest BCUT2D eigenvalue weighted by molar-refractivity contribution is 0.0537. The van der Waals surface area contributed by atoms with Crippen molar-refractivity contribution in [3.8, 4) is 11.5 Å². The maximum atomic E-state index is 14.1. The smallest absolute Gasteiger partial charge is 0.132 e. The molecule has 0 saturated carbocycles. The lowest BCUT2D eigenvalue weighted by Gasteiger charge is -2.25. The molecule has 112 valence electrons. The molecule has 0 aliphatic rings. The highest BCUT2D eigenvalue weighted by Crippen LogP contribution is 2.30. The Labute approximate surface area is 124 Å². The summed E-state index contributed by atoms with van der Waals surface area (Å²) in [5.74, 6) is 0.693. The molecule has 2 rings (SSSR count). The van der Waals surface area contributed by atoms with Crippen molar-refractivity contribution in [1.29, 1.82) is 0 Å². The number of methoxy groups -OCH3 is 2. The van der Waals surface area contributed by atoms with E-state index in [9.17, 15) is 9.50 Å². The minimum absolute atomic E-state index is 0.249. The quantitative estimate of drug-likeness (QED) is 0.918. The van der Waals surface area contributed by atoms with E-state index < -0.39 is 11.4 Å². The van der Waals surface area contributed by atoms with Crippen molar-refractivity contribution in [3.63, 3.8) is 0 Å². The SMILES string of the molecule is COc1ccc(CC(C)(O)c2ccc(OC)cc2F)cc1. The van der Waals surface area contributed by atoms with Crippen LogP contribution >= 0.6 is 0 Å². The summed E-state index contributed by atoms with van der Waals surface area (Å²) in [5.41, 5.74) is -0.152. The van der Waals surface area contributed by atoms with Crippen LogP contribution in [0, 0.1) is 5.82 Å². The highest BCUT2D eigenvalue weighted by Gasteiger charge is 2.27. The standard InChI is InChI=1S/C17H19FO3/c1-17(19,11-12-4-6-13(20-2)7-5-12)15-9-8-14(21-3)10-16(15)18/h4-10,19H,11H2,1-3H3. The van der Waals surface area contributed by atoms with E-state index >= 15 is 0 Å². The van der Waals surface area contributed by atoms with E-state index in [0.717, 1.165) is 11.3 Å². The van der Waals surface area contributed by atoms with Crippen LogP contribution in [0.3, 0.4) is 0 Å². The summed E-state index contributed by atoms with van der Waals surface area (Å²) in [6.45, 7) is 1.60. The van der Waals surface area contributed by atoms with Crippen LogP contribution in [0.15, 0.2) is 42.5 Å². The zero-order valence-electron chi connectivity index (χ0n) is 12.4. The summed E-state index contributed by atoms with van der Waals surface area (Å²) in [4.78, 5) is 0. The topological polar surface area (TPSA) is 38.7 Å². The van der Waals surface area contributed by atoms with Crippen LogP contribution < -0.4 is 9.47 Å². The van der Waals surface area contributed by atoms with Crippen LogP contribution in [0.25, 0.3) is 0 Å². The normalized spacial score (nSPS) is 13.6. The fraction of sp³-hybridized carbons (Fsp3) is 0.294. The Morgan fingerprint density at radius 3 is 2.10 bits per heavy atom. The van der Waals surface area contributed by atoms with Crippen LogP contribution in [-0.4, -0.2) is 19.3 Å². The van der Waals surface area contributed by atoms with Gasteiger partial charge in [-0.3, -0.25) is 0 Å². The second-order valence-corrected chi connectivity index (χ2v) is 5.14. The first-order valence-electron chi connectivity index (χ1n) is 6.65. The largest absolute Gasteiger partial charge is 0.497 e. The van der Waals surface area contributed by atoms with E-state index in [1.165, 1.54) is 13.2 Å². The molecule has 1 N–H and O–H groups in total. The molecule has 0 spiro atoms. The average Bonchev–Trinajstić information content (AvgIpc) is 2.47. The van der Waals surface area contributed by atoms with E-state index in [1.54, 1.807) is 26.2 Å². The van der Waals surface area contributed by atoms with Gasteiger partial charge < -0.3 is 14.6 Å². The zero-order valence-corrected chi connectivity index (χ0v) is 12.4. The molecule has 0 aliphatic carbocycles. The summed E-state index contributed by atoms with van der Waals surface area (Å²) >= 11 is 0.